The van der Waals surface area contributed by atoms with Gasteiger partial charge in [-0.15, -0.1) is 0 Å². The predicted molar refractivity (Wildman–Crippen MR) is 96.2 cm³/mol. The summed E-state index contributed by atoms with van der Waals surface area (Å²) in [5.41, 5.74) is 0.320. The monoisotopic (exact) mass is 385 g/mol. The number of methoxy groups -OCH3 is 1. The summed E-state index contributed by atoms with van der Waals surface area (Å²) in [5, 5.41) is 9.33. The molecule has 0 bridgehead atoms. The number of carboxylic acid groups (broad SMARTS) is 1. The normalized spacial score (nSPS) is 17.3. The summed E-state index contributed by atoms with van der Waals surface area (Å²) in [4.78, 5) is 25.5. The quantitative estimate of drug-likeness (QED) is 0.776. The van der Waals surface area contributed by atoms with Crippen LogP contribution in [0, 0.1) is 5.92 Å². The lowest BCUT2D eigenvalue weighted by molar-refractivity contribution is -0.139. The molecule has 1 aliphatic heterocycles. The average molecular weight is 386 g/mol. The van der Waals surface area contributed by atoms with E-state index in [0.29, 0.717) is 42.7 Å². The first-order valence-electron chi connectivity index (χ1n) is 8.44. The second-order valence-electron chi connectivity index (χ2n) is 6.52. The van der Waals surface area contributed by atoms with Crippen molar-refractivity contribution in [3.63, 3.8) is 0 Å². The Morgan fingerprint density at radius 3 is 2.77 bits per heavy atom. The van der Waals surface area contributed by atoms with Crippen LogP contribution in [0.3, 0.4) is 0 Å². The average Bonchev–Trinajstić information content (AvgIpc) is 2.59. The maximum atomic E-state index is 12.9. The van der Waals surface area contributed by atoms with E-state index in [1.54, 1.807) is 6.07 Å². The molecule has 1 aromatic rings. The molecule has 1 fully saturated rings. The van der Waals surface area contributed by atoms with Gasteiger partial charge in [0, 0.05) is 12.1 Å². The number of halogens is 1. The second-order valence-corrected chi connectivity index (χ2v) is 6.93. The zero-order chi connectivity index (χ0) is 19.3. The molecule has 0 radical (unpaired) electrons. The topological polar surface area (TPSA) is 85.3 Å². The molecule has 7 nitrogen and oxygen atoms in total. The number of amides is 1. The maximum absolute atomic E-state index is 12.9. The highest BCUT2D eigenvalue weighted by atomic mass is 35.5. The Balaban J connectivity index is 2.27. The van der Waals surface area contributed by atoms with E-state index in [-0.39, 0.29) is 24.0 Å². The lowest BCUT2D eigenvalue weighted by Gasteiger charge is -2.35. The third kappa shape index (κ3) is 5.02. The lowest BCUT2D eigenvalue weighted by Crippen LogP contribution is -2.49. The number of hydrogen-bond donors (Lipinski definition) is 1. The van der Waals surface area contributed by atoms with Gasteiger partial charge in [0.25, 0.3) is 5.91 Å². The summed E-state index contributed by atoms with van der Waals surface area (Å²) in [6.45, 7) is 5.37. The molecule has 0 spiro atoms. The number of hydrogen-bond acceptors (Lipinski definition) is 5. The summed E-state index contributed by atoms with van der Waals surface area (Å²) in [5.74, 6) is -0.225. The van der Waals surface area contributed by atoms with Gasteiger partial charge in [0.1, 0.15) is 0 Å². The molecule has 1 aromatic carbocycles. The van der Waals surface area contributed by atoms with E-state index in [2.05, 4.69) is 0 Å². The molecule has 1 amide bonds. The minimum Gasteiger partial charge on any atom is -0.493 e. The predicted octanol–water partition coefficient (Wildman–Crippen LogP) is 2.70. The molecule has 144 valence electrons. The third-order valence-corrected chi connectivity index (χ3v) is 4.22. The zero-order valence-corrected chi connectivity index (χ0v) is 15.9. The first kappa shape index (κ1) is 20.3. The minimum atomic E-state index is -0.980. The molecule has 1 heterocycles. The van der Waals surface area contributed by atoms with Crippen LogP contribution >= 0.6 is 11.6 Å². The minimum absolute atomic E-state index is 0.174. The molecule has 0 saturated carbocycles. The van der Waals surface area contributed by atoms with Gasteiger partial charge in [-0.2, -0.15) is 0 Å². The fourth-order valence-corrected chi connectivity index (χ4v) is 2.96. The van der Waals surface area contributed by atoms with Crippen LogP contribution in [0.1, 0.15) is 30.6 Å². The SMILES string of the molecule is COc1cc(C(=O)N2CCOCC2CC(=O)O)cc(Cl)c1OCC(C)C. The van der Waals surface area contributed by atoms with Gasteiger partial charge in [-0.05, 0) is 18.1 Å². The second kappa shape index (κ2) is 9.09. The van der Waals surface area contributed by atoms with Gasteiger partial charge < -0.3 is 24.2 Å². The fourth-order valence-electron chi connectivity index (χ4n) is 2.69. The van der Waals surface area contributed by atoms with E-state index in [9.17, 15) is 9.59 Å². The van der Waals surface area contributed by atoms with E-state index in [1.165, 1.54) is 18.1 Å². The molecule has 26 heavy (non-hydrogen) atoms. The number of ether oxygens (including phenoxy) is 3. The van der Waals surface area contributed by atoms with Gasteiger partial charge in [0.05, 0.1) is 44.4 Å². The lowest BCUT2D eigenvalue weighted by atomic mass is 10.1. The highest BCUT2D eigenvalue weighted by molar-refractivity contribution is 6.32. The van der Waals surface area contributed by atoms with E-state index in [0.717, 1.165) is 0 Å². The molecule has 1 unspecified atom stereocenters. The van der Waals surface area contributed by atoms with Crippen molar-refractivity contribution in [2.45, 2.75) is 26.3 Å². The third-order valence-electron chi connectivity index (χ3n) is 3.94. The fraction of sp³-hybridized carbons (Fsp3) is 0.556. The van der Waals surface area contributed by atoms with Crippen LogP contribution in [-0.4, -0.2) is 61.4 Å². The van der Waals surface area contributed by atoms with Gasteiger partial charge in [-0.25, -0.2) is 0 Å². The van der Waals surface area contributed by atoms with Crippen molar-refractivity contribution < 1.29 is 28.9 Å². The molecule has 1 saturated heterocycles. The number of carbonyl (C=O) groups excluding carboxylic acids is 1. The van der Waals surface area contributed by atoms with Crippen molar-refractivity contribution in [1.82, 2.24) is 4.90 Å². The number of carboxylic acids is 1. The number of carbonyl (C=O) groups is 2. The molecule has 0 aromatic heterocycles. The summed E-state index contributed by atoms with van der Waals surface area (Å²) in [6.07, 6.45) is -0.174. The Hall–Kier alpha value is -1.99. The first-order valence-corrected chi connectivity index (χ1v) is 8.82. The van der Waals surface area contributed by atoms with Crippen molar-refractivity contribution in [3.8, 4) is 11.5 Å². The number of nitrogens with zero attached hydrogens (tertiary/aromatic N) is 1. The van der Waals surface area contributed by atoms with Crippen LogP contribution in [0.15, 0.2) is 12.1 Å². The van der Waals surface area contributed by atoms with Crippen LogP contribution in [0.25, 0.3) is 0 Å². The van der Waals surface area contributed by atoms with Crippen LogP contribution < -0.4 is 9.47 Å². The Bertz CT molecular complexity index is 663. The van der Waals surface area contributed by atoms with Gasteiger partial charge in [0.2, 0.25) is 0 Å². The van der Waals surface area contributed by atoms with E-state index in [4.69, 9.17) is 30.9 Å². The largest absolute Gasteiger partial charge is 0.493 e. The van der Waals surface area contributed by atoms with Crippen molar-refractivity contribution in [3.05, 3.63) is 22.7 Å². The Kier molecular flexibility index (Phi) is 7.11. The van der Waals surface area contributed by atoms with E-state index < -0.39 is 12.0 Å². The zero-order valence-electron chi connectivity index (χ0n) is 15.2. The smallest absolute Gasteiger partial charge is 0.305 e. The van der Waals surface area contributed by atoms with Crippen LogP contribution in [0.4, 0.5) is 0 Å². The van der Waals surface area contributed by atoms with Gasteiger partial charge in [-0.3, -0.25) is 9.59 Å². The molecular weight excluding hydrogens is 362 g/mol. The van der Waals surface area contributed by atoms with Crippen LogP contribution in [0.5, 0.6) is 11.5 Å². The highest BCUT2D eigenvalue weighted by Gasteiger charge is 2.30. The van der Waals surface area contributed by atoms with Gasteiger partial charge in [-0.1, -0.05) is 25.4 Å². The Morgan fingerprint density at radius 1 is 1.42 bits per heavy atom. The molecule has 0 aliphatic carbocycles. The summed E-state index contributed by atoms with van der Waals surface area (Å²) >= 11 is 6.31. The highest BCUT2D eigenvalue weighted by Crippen LogP contribution is 2.37. The summed E-state index contributed by atoms with van der Waals surface area (Å²) in [7, 11) is 1.48. The number of aliphatic carboxylic acids is 1. The summed E-state index contributed by atoms with van der Waals surface area (Å²) < 4.78 is 16.3. The number of rotatable bonds is 7. The van der Waals surface area contributed by atoms with E-state index in [1.807, 2.05) is 13.8 Å². The molecule has 1 N–H and O–H groups in total. The maximum Gasteiger partial charge on any atom is 0.305 e. The molecule has 1 aliphatic rings. The standard InChI is InChI=1S/C18H24ClNO6/c1-11(2)9-26-17-14(19)6-12(7-15(17)24-3)18(23)20-4-5-25-10-13(20)8-16(21)22/h6-7,11,13H,4-5,8-10H2,1-3H3,(H,21,22). The number of morpholine rings is 1. The molecule has 2 rings (SSSR count). The molecular formula is C18H24ClNO6. The van der Waals surface area contributed by atoms with Crippen LogP contribution in [0.2, 0.25) is 5.02 Å². The first-order chi connectivity index (χ1) is 12.3. The van der Waals surface area contributed by atoms with Crippen LogP contribution in [-0.2, 0) is 9.53 Å². The van der Waals surface area contributed by atoms with Crippen molar-refractivity contribution in [1.29, 1.82) is 0 Å². The van der Waals surface area contributed by atoms with E-state index >= 15 is 0 Å². The van der Waals surface area contributed by atoms with Crippen molar-refractivity contribution in [2.75, 3.05) is 33.5 Å². The Morgan fingerprint density at radius 2 is 2.15 bits per heavy atom. The Labute approximate surface area is 157 Å². The summed E-state index contributed by atoms with van der Waals surface area (Å²) in [6, 6.07) is 2.57. The van der Waals surface area contributed by atoms with Crippen molar-refractivity contribution in [2.24, 2.45) is 5.92 Å². The number of benzene rings is 1. The molecule has 1 atom stereocenters. The van der Waals surface area contributed by atoms with Crippen molar-refractivity contribution >= 4 is 23.5 Å². The molecule has 8 heteroatoms. The van der Waals surface area contributed by atoms with Gasteiger partial charge >= 0.3 is 5.97 Å². The van der Waals surface area contributed by atoms with Gasteiger partial charge in [0.15, 0.2) is 11.5 Å².